The van der Waals surface area contributed by atoms with Gasteiger partial charge in [0.15, 0.2) is 0 Å². The molecular formula is C24H29F6N5O3. The van der Waals surface area contributed by atoms with Crippen LogP contribution in [0, 0.1) is 13.8 Å². The monoisotopic (exact) mass is 549 g/mol. The highest BCUT2D eigenvalue weighted by molar-refractivity contribution is 5.94. The predicted molar refractivity (Wildman–Crippen MR) is 128 cm³/mol. The van der Waals surface area contributed by atoms with E-state index >= 15 is 0 Å². The smallest absolute Gasteiger partial charge is 0.475 e. The van der Waals surface area contributed by atoms with Crippen LogP contribution in [-0.4, -0.2) is 59.3 Å². The number of hydrogen-bond acceptors (Lipinski definition) is 6. The molecule has 0 atom stereocenters. The number of halogens is 6. The molecule has 1 aliphatic carbocycles. The molecule has 1 heterocycles. The highest BCUT2D eigenvalue weighted by Gasteiger charge is 2.38. The van der Waals surface area contributed by atoms with Crippen LogP contribution in [0.25, 0.3) is 0 Å². The van der Waals surface area contributed by atoms with Crippen LogP contribution < -0.4 is 15.5 Å². The standard InChI is InChI=1S/C22H28F3N5O.C2HF3O2/c1-13-14(2)26-21(29-19(13)30(3)4)28-18-10-8-17(9-11-18)27-20(31)15-6-5-7-16(12-15)22(23,24)25;3-2(4,5)1(6)7/h5-7,12,17-18H,8-11H2,1-4H3,(H,27,31)(H,26,28,29);(H,6,7)/t17-,18+;. The van der Waals surface area contributed by atoms with Crippen LogP contribution in [0.4, 0.5) is 38.1 Å². The minimum absolute atomic E-state index is 0.0230. The maximum absolute atomic E-state index is 12.9. The normalized spacial score (nSPS) is 17.6. The second-order valence-electron chi connectivity index (χ2n) is 9.02. The van der Waals surface area contributed by atoms with E-state index in [2.05, 4.69) is 20.6 Å². The van der Waals surface area contributed by atoms with Gasteiger partial charge in [-0.15, -0.1) is 0 Å². The van der Waals surface area contributed by atoms with Crippen LogP contribution in [0.1, 0.15) is 52.9 Å². The number of amides is 1. The summed E-state index contributed by atoms with van der Waals surface area (Å²) in [5, 5.41) is 13.4. The van der Waals surface area contributed by atoms with Gasteiger partial charge in [-0.05, 0) is 57.7 Å². The maximum atomic E-state index is 12.9. The van der Waals surface area contributed by atoms with Crippen molar-refractivity contribution in [2.75, 3.05) is 24.3 Å². The maximum Gasteiger partial charge on any atom is 0.490 e. The van der Waals surface area contributed by atoms with Gasteiger partial charge in [-0.25, -0.2) is 9.78 Å². The number of aliphatic carboxylic acids is 1. The van der Waals surface area contributed by atoms with Gasteiger partial charge in [-0.3, -0.25) is 4.79 Å². The number of rotatable bonds is 5. The molecule has 1 aliphatic rings. The molecule has 0 unspecified atom stereocenters. The Bertz CT molecular complexity index is 1130. The summed E-state index contributed by atoms with van der Waals surface area (Å²) in [7, 11) is 3.88. The first-order valence-corrected chi connectivity index (χ1v) is 11.6. The van der Waals surface area contributed by atoms with Crippen molar-refractivity contribution < 1.29 is 41.0 Å². The molecule has 8 nitrogen and oxygen atoms in total. The highest BCUT2D eigenvalue weighted by atomic mass is 19.4. The summed E-state index contributed by atoms with van der Waals surface area (Å²) >= 11 is 0. The van der Waals surface area contributed by atoms with Gasteiger partial charge in [0.1, 0.15) is 5.82 Å². The lowest BCUT2D eigenvalue weighted by molar-refractivity contribution is -0.192. The molecule has 1 aromatic heterocycles. The number of carbonyl (C=O) groups excluding carboxylic acids is 1. The van der Waals surface area contributed by atoms with Gasteiger partial charge >= 0.3 is 18.3 Å². The van der Waals surface area contributed by atoms with Gasteiger partial charge in [-0.1, -0.05) is 6.07 Å². The number of hydrogen-bond donors (Lipinski definition) is 3. The number of aryl methyl sites for hydroxylation is 1. The van der Waals surface area contributed by atoms with Gasteiger partial charge in [-0.2, -0.15) is 31.3 Å². The Morgan fingerprint density at radius 2 is 1.53 bits per heavy atom. The summed E-state index contributed by atoms with van der Waals surface area (Å²) in [6.07, 6.45) is -6.48. The third-order valence-corrected chi connectivity index (χ3v) is 5.88. The number of benzene rings is 1. The summed E-state index contributed by atoms with van der Waals surface area (Å²) in [6, 6.07) is 4.62. The fourth-order valence-corrected chi connectivity index (χ4v) is 3.78. The quantitative estimate of drug-likeness (QED) is 0.453. The van der Waals surface area contributed by atoms with Crippen LogP contribution in [0.15, 0.2) is 24.3 Å². The van der Waals surface area contributed by atoms with Crippen LogP contribution >= 0.6 is 0 Å². The van der Waals surface area contributed by atoms with Gasteiger partial charge in [0.05, 0.1) is 5.56 Å². The van der Waals surface area contributed by atoms with E-state index in [1.807, 2.05) is 32.8 Å². The van der Waals surface area contributed by atoms with Crippen molar-refractivity contribution in [3.05, 3.63) is 46.6 Å². The lowest BCUT2D eigenvalue weighted by atomic mass is 9.91. The van der Waals surface area contributed by atoms with Crippen molar-refractivity contribution in [3.8, 4) is 0 Å². The Kier molecular flexibility index (Phi) is 9.93. The largest absolute Gasteiger partial charge is 0.490 e. The van der Waals surface area contributed by atoms with Crippen molar-refractivity contribution in [1.29, 1.82) is 0 Å². The lowest BCUT2D eigenvalue weighted by Crippen LogP contribution is -2.40. The number of nitrogens with one attached hydrogen (secondary N) is 2. The average Bonchev–Trinajstić information content (AvgIpc) is 2.81. The first-order valence-electron chi connectivity index (χ1n) is 11.6. The molecule has 3 N–H and O–H groups in total. The summed E-state index contributed by atoms with van der Waals surface area (Å²) in [6.45, 7) is 3.95. The predicted octanol–water partition coefficient (Wildman–Crippen LogP) is 4.96. The molecule has 0 bridgehead atoms. The van der Waals surface area contributed by atoms with Crippen LogP contribution in [-0.2, 0) is 11.0 Å². The van der Waals surface area contributed by atoms with E-state index in [9.17, 15) is 31.1 Å². The number of nitrogens with zero attached hydrogens (tertiary/aromatic N) is 3. The van der Waals surface area contributed by atoms with E-state index in [0.29, 0.717) is 5.95 Å². The summed E-state index contributed by atoms with van der Waals surface area (Å²) in [4.78, 5) is 32.4. The Morgan fingerprint density at radius 1 is 0.974 bits per heavy atom. The molecule has 1 aromatic carbocycles. The Balaban J connectivity index is 0.000000638. The van der Waals surface area contributed by atoms with E-state index in [0.717, 1.165) is 54.9 Å². The zero-order valence-electron chi connectivity index (χ0n) is 21.2. The molecule has 0 spiro atoms. The van der Waals surface area contributed by atoms with Crippen molar-refractivity contribution in [2.24, 2.45) is 0 Å². The first kappa shape index (κ1) is 30.6. The van der Waals surface area contributed by atoms with Crippen molar-refractivity contribution in [1.82, 2.24) is 15.3 Å². The minimum atomic E-state index is -5.08. The molecule has 1 amide bonds. The third-order valence-electron chi connectivity index (χ3n) is 5.88. The average molecular weight is 550 g/mol. The summed E-state index contributed by atoms with van der Waals surface area (Å²) in [5.41, 5.74) is 1.16. The molecule has 3 rings (SSSR count). The van der Waals surface area contributed by atoms with Gasteiger partial charge in [0.25, 0.3) is 5.91 Å². The second kappa shape index (κ2) is 12.3. The van der Waals surface area contributed by atoms with E-state index in [-0.39, 0.29) is 17.6 Å². The van der Waals surface area contributed by atoms with Crippen LogP contribution in [0.2, 0.25) is 0 Å². The van der Waals surface area contributed by atoms with E-state index < -0.39 is 29.8 Å². The van der Waals surface area contributed by atoms with Gasteiger partial charge < -0.3 is 20.6 Å². The number of carbonyl (C=O) groups is 2. The molecule has 0 radical (unpaired) electrons. The van der Waals surface area contributed by atoms with Gasteiger partial charge in [0.2, 0.25) is 5.95 Å². The van der Waals surface area contributed by atoms with E-state index in [1.54, 1.807) is 0 Å². The molecule has 210 valence electrons. The Hall–Kier alpha value is -3.58. The number of alkyl halides is 6. The minimum Gasteiger partial charge on any atom is -0.475 e. The number of carboxylic acids is 1. The number of carboxylic acid groups (broad SMARTS) is 1. The van der Waals surface area contributed by atoms with Crippen LogP contribution in [0.3, 0.4) is 0 Å². The zero-order chi connectivity index (χ0) is 28.8. The van der Waals surface area contributed by atoms with Crippen molar-refractivity contribution in [2.45, 2.75) is 64.0 Å². The molecule has 2 aromatic rings. The number of aromatic nitrogens is 2. The van der Waals surface area contributed by atoms with Crippen molar-refractivity contribution >= 4 is 23.6 Å². The SMILES string of the molecule is Cc1nc(N[C@H]2CC[C@@H](NC(=O)c3cccc(C(F)(F)F)c3)CC2)nc(N(C)C)c1C.O=C(O)C(F)(F)F. The Morgan fingerprint density at radius 3 is 2.03 bits per heavy atom. The number of anilines is 2. The molecular weight excluding hydrogens is 520 g/mol. The lowest BCUT2D eigenvalue weighted by Gasteiger charge is -2.30. The molecule has 38 heavy (non-hydrogen) atoms. The van der Waals surface area contributed by atoms with Gasteiger partial charge in [0, 0.05) is 43.0 Å². The molecule has 1 fully saturated rings. The summed E-state index contributed by atoms with van der Waals surface area (Å²) in [5.74, 6) is -1.77. The fourth-order valence-electron chi connectivity index (χ4n) is 3.78. The van der Waals surface area contributed by atoms with E-state index in [1.165, 1.54) is 12.1 Å². The van der Waals surface area contributed by atoms with E-state index in [4.69, 9.17) is 9.90 Å². The third kappa shape index (κ3) is 8.77. The Labute approximate surface area is 215 Å². The molecule has 0 aliphatic heterocycles. The second-order valence-corrected chi connectivity index (χ2v) is 9.02. The molecule has 1 saturated carbocycles. The summed E-state index contributed by atoms with van der Waals surface area (Å²) < 4.78 is 70.4. The zero-order valence-corrected chi connectivity index (χ0v) is 21.2. The first-order chi connectivity index (χ1) is 17.5. The molecule has 14 heteroatoms. The molecule has 0 saturated heterocycles. The highest BCUT2D eigenvalue weighted by Crippen LogP contribution is 2.30. The van der Waals surface area contributed by atoms with Crippen molar-refractivity contribution in [3.63, 3.8) is 0 Å². The van der Waals surface area contributed by atoms with Crippen LogP contribution in [0.5, 0.6) is 0 Å². The fraction of sp³-hybridized carbons (Fsp3) is 0.500. The topological polar surface area (TPSA) is 107 Å².